The molecule has 1 saturated heterocycles. The normalized spacial score (nSPS) is 15.3. The van der Waals surface area contributed by atoms with E-state index in [1.807, 2.05) is 23.8 Å². The average Bonchev–Trinajstić information content (AvgIpc) is 3.39. The highest BCUT2D eigenvalue weighted by atomic mass is 32.2. The molecule has 1 aliphatic rings. The SMILES string of the molecule is Cc1nc(-c2ccsc2)sc1C(=O)Nc1ccc(S(=O)(=O)N2CCCCC2)cc1. The zero-order valence-corrected chi connectivity index (χ0v) is 18.4. The predicted octanol–water partition coefficient (Wildman–Crippen LogP) is 4.61. The van der Waals surface area contributed by atoms with Gasteiger partial charge in [0.15, 0.2) is 0 Å². The van der Waals surface area contributed by atoms with Crippen molar-refractivity contribution in [3.05, 3.63) is 51.7 Å². The van der Waals surface area contributed by atoms with E-state index in [1.165, 1.54) is 15.6 Å². The first-order valence-electron chi connectivity index (χ1n) is 9.37. The third-order valence-electron chi connectivity index (χ3n) is 4.84. The number of sulfonamides is 1. The Morgan fingerprint density at radius 2 is 1.83 bits per heavy atom. The molecule has 2 aromatic heterocycles. The van der Waals surface area contributed by atoms with Crippen LogP contribution in [-0.2, 0) is 10.0 Å². The van der Waals surface area contributed by atoms with Crippen molar-refractivity contribution in [1.29, 1.82) is 0 Å². The van der Waals surface area contributed by atoms with E-state index in [2.05, 4.69) is 10.3 Å². The maximum Gasteiger partial charge on any atom is 0.267 e. The summed E-state index contributed by atoms with van der Waals surface area (Å²) < 4.78 is 27.0. The molecule has 3 aromatic rings. The molecule has 1 fully saturated rings. The number of nitrogens with one attached hydrogen (secondary N) is 1. The van der Waals surface area contributed by atoms with Gasteiger partial charge in [0, 0.05) is 29.7 Å². The quantitative estimate of drug-likeness (QED) is 0.620. The van der Waals surface area contributed by atoms with Gasteiger partial charge in [0.2, 0.25) is 10.0 Å². The second-order valence-electron chi connectivity index (χ2n) is 6.89. The molecule has 9 heteroatoms. The van der Waals surface area contributed by atoms with E-state index in [9.17, 15) is 13.2 Å². The maximum atomic E-state index is 12.7. The first-order valence-corrected chi connectivity index (χ1v) is 12.6. The van der Waals surface area contributed by atoms with Gasteiger partial charge in [0.1, 0.15) is 9.88 Å². The Labute approximate surface area is 178 Å². The van der Waals surface area contributed by atoms with Gasteiger partial charge in [0.25, 0.3) is 5.91 Å². The highest BCUT2D eigenvalue weighted by Crippen LogP contribution is 2.30. The largest absolute Gasteiger partial charge is 0.321 e. The van der Waals surface area contributed by atoms with E-state index in [-0.39, 0.29) is 10.8 Å². The molecular formula is C20H21N3O3S3. The zero-order valence-electron chi connectivity index (χ0n) is 15.9. The highest BCUT2D eigenvalue weighted by molar-refractivity contribution is 7.89. The lowest BCUT2D eigenvalue weighted by molar-refractivity contribution is 0.103. The Balaban J connectivity index is 1.48. The monoisotopic (exact) mass is 447 g/mol. The summed E-state index contributed by atoms with van der Waals surface area (Å²) in [6.07, 6.45) is 2.87. The van der Waals surface area contributed by atoms with Gasteiger partial charge in [-0.3, -0.25) is 4.79 Å². The van der Waals surface area contributed by atoms with Crippen LogP contribution >= 0.6 is 22.7 Å². The number of aromatic nitrogens is 1. The van der Waals surface area contributed by atoms with Crippen LogP contribution in [0.25, 0.3) is 10.6 Å². The molecule has 1 aliphatic heterocycles. The molecular weight excluding hydrogens is 426 g/mol. The maximum absolute atomic E-state index is 12.7. The first kappa shape index (κ1) is 20.2. The molecule has 1 N–H and O–H groups in total. The first-order chi connectivity index (χ1) is 13.9. The number of piperidine rings is 1. The van der Waals surface area contributed by atoms with Crippen molar-refractivity contribution in [2.75, 3.05) is 18.4 Å². The standard InChI is InChI=1S/C20H21N3O3S3/c1-14-18(28-20(21-14)15-9-12-27-13-15)19(24)22-16-5-7-17(8-6-16)29(25,26)23-10-3-2-4-11-23/h5-9,12-13H,2-4,10-11H2,1H3,(H,22,24). The summed E-state index contributed by atoms with van der Waals surface area (Å²) >= 11 is 2.94. The van der Waals surface area contributed by atoms with Crippen LogP contribution in [0, 0.1) is 6.92 Å². The van der Waals surface area contributed by atoms with Gasteiger partial charge in [-0.15, -0.1) is 11.3 Å². The molecule has 0 saturated carbocycles. The molecule has 0 atom stereocenters. The molecule has 1 amide bonds. The van der Waals surface area contributed by atoms with E-state index in [0.717, 1.165) is 29.8 Å². The summed E-state index contributed by atoms with van der Waals surface area (Å²) in [4.78, 5) is 18.0. The van der Waals surface area contributed by atoms with E-state index >= 15 is 0 Å². The molecule has 0 unspecified atom stereocenters. The molecule has 1 aromatic carbocycles. The summed E-state index contributed by atoms with van der Waals surface area (Å²) in [6.45, 7) is 2.95. The number of amides is 1. The van der Waals surface area contributed by atoms with Crippen LogP contribution in [0.1, 0.15) is 34.6 Å². The minimum atomic E-state index is -3.47. The lowest BCUT2D eigenvalue weighted by atomic mass is 10.2. The van der Waals surface area contributed by atoms with Crippen molar-refractivity contribution >= 4 is 44.3 Å². The summed E-state index contributed by atoms with van der Waals surface area (Å²) in [5.74, 6) is -0.242. The van der Waals surface area contributed by atoms with Crippen LogP contribution in [0.3, 0.4) is 0 Å². The van der Waals surface area contributed by atoms with Crippen molar-refractivity contribution in [2.45, 2.75) is 31.1 Å². The number of hydrogen-bond acceptors (Lipinski definition) is 6. The fourth-order valence-corrected chi connectivity index (χ4v) is 6.46. The molecule has 4 rings (SSSR count). The molecule has 152 valence electrons. The number of anilines is 1. The highest BCUT2D eigenvalue weighted by Gasteiger charge is 2.26. The van der Waals surface area contributed by atoms with Crippen LogP contribution < -0.4 is 5.32 Å². The summed E-state index contributed by atoms with van der Waals surface area (Å²) in [7, 11) is -3.47. The summed E-state index contributed by atoms with van der Waals surface area (Å²) in [5.41, 5.74) is 2.24. The number of carbonyl (C=O) groups excluding carboxylic acids is 1. The van der Waals surface area contributed by atoms with E-state index in [1.54, 1.807) is 35.6 Å². The zero-order chi connectivity index (χ0) is 20.4. The van der Waals surface area contributed by atoms with E-state index in [4.69, 9.17) is 0 Å². The third kappa shape index (κ3) is 4.28. The minimum Gasteiger partial charge on any atom is -0.321 e. The lowest BCUT2D eigenvalue weighted by Gasteiger charge is -2.25. The molecule has 3 heterocycles. The average molecular weight is 448 g/mol. The van der Waals surface area contributed by atoms with Crippen LogP contribution in [0.4, 0.5) is 5.69 Å². The summed E-state index contributed by atoms with van der Waals surface area (Å²) in [5, 5.41) is 7.64. The van der Waals surface area contributed by atoms with Crippen molar-refractivity contribution < 1.29 is 13.2 Å². The number of thiophene rings is 1. The van der Waals surface area contributed by atoms with Crippen LogP contribution in [0.15, 0.2) is 46.0 Å². The molecule has 29 heavy (non-hydrogen) atoms. The smallest absolute Gasteiger partial charge is 0.267 e. The number of rotatable bonds is 5. The van der Waals surface area contributed by atoms with Crippen molar-refractivity contribution in [2.24, 2.45) is 0 Å². The number of aryl methyl sites for hydroxylation is 1. The Morgan fingerprint density at radius 3 is 2.48 bits per heavy atom. The van der Waals surface area contributed by atoms with Crippen molar-refractivity contribution in [3.8, 4) is 10.6 Å². The second-order valence-corrected chi connectivity index (χ2v) is 10.6. The summed E-state index contributed by atoms with van der Waals surface area (Å²) in [6, 6.07) is 8.34. The molecule has 0 radical (unpaired) electrons. The van der Waals surface area contributed by atoms with Crippen molar-refractivity contribution in [1.82, 2.24) is 9.29 Å². The number of thiazole rings is 1. The van der Waals surface area contributed by atoms with Crippen LogP contribution in [0.2, 0.25) is 0 Å². The Bertz CT molecular complexity index is 1100. The fourth-order valence-electron chi connectivity index (χ4n) is 3.27. The number of carbonyl (C=O) groups is 1. The van der Waals surface area contributed by atoms with Gasteiger partial charge in [-0.05, 0) is 55.5 Å². The lowest BCUT2D eigenvalue weighted by Crippen LogP contribution is -2.35. The molecule has 0 spiro atoms. The van der Waals surface area contributed by atoms with Crippen molar-refractivity contribution in [3.63, 3.8) is 0 Å². The Morgan fingerprint density at radius 1 is 1.10 bits per heavy atom. The Hall–Kier alpha value is -2.07. The van der Waals surface area contributed by atoms with Gasteiger partial charge < -0.3 is 5.32 Å². The van der Waals surface area contributed by atoms with Crippen LogP contribution in [0.5, 0.6) is 0 Å². The van der Waals surface area contributed by atoms with Gasteiger partial charge in [-0.2, -0.15) is 15.6 Å². The Kier molecular flexibility index (Phi) is 5.82. The number of benzene rings is 1. The van der Waals surface area contributed by atoms with Gasteiger partial charge >= 0.3 is 0 Å². The fraction of sp³-hybridized carbons (Fsp3) is 0.300. The molecule has 6 nitrogen and oxygen atoms in total. The minimum absolute atomic E-state index is 0.242. The number of nitrogens with zero attached hydrogens (tertiary/aromatic N) is 2. The second kappa shape index (κ2) is 8.35. The topological polar surface area (TPSA) is 79.4 Å². The molecule has 0 bridgehead atoms. The van der Waals surface area contributed by atoms with E-state index < -0.39 is 10.0 Å². The van der Waals surface area contributed by atoms with Gasteiger partial charge in [-0.25, -0.2) is 13.4 Å². The van der Waals surface area contributed by atoms with Gasteiger partial charge in [0.05, 0.1) is 10.6 Å². The number of hydrogen-bond donors (Lipinski definition) is 1. The van der Waals surface area contributed by atoms with Gasteiger partial charge in [-0.1, -0.05) is 6.42 Å². The van der Waals surface area contributed by atoms with E-state index in [0.29, 0.717) is 29.3 Å². The third-order valence-corrected chi connectivity index (χ3v) is 8.64. The molecule has 0 aliphatic carbocycles. The van der Waals surface area contributed by atoms with Crippen LogP contribution in [-0.4, -0.2) is 36.7 Å². The predicted molar refractivity (Wildman–Crippen MR) is 117 cm³/mol.